The third kappa shape index (κ3) is 3.90. The van der Waals surface area contributed by atoms with E-state index in [0.717, 1.165) is 17.9 Å². The van der Waals surface area contributed by atoms with E-state index in [1.165, 1.54) is 28.6 Å². The fourth-order valence-electron chi connectivity index (χ4n) is 2.41. The van der Waals surface area contributed by atoms with Crippen molar-refractivity contribution in [1.29, 1.82) is 0 Å². The number of hydrogen-bond donors (Lipinski definition) is 0. The van der Waals surface area contributed by atoms with E-state index in [1.54, 1.807) is 10.2 Å². The average Bonchev–Trinajstić information content (AvgIpc) is 2.57. The molecule has 3 rings (SSSR count). The summed E-state index contributed by atoms with van der Waals surface area (Å²) in [6.07, 6.45) is 2.31. The molecule has 0 aliphatic heterocycles. The SMILES string of the molecule is Cc1ccccc1CSn1c(Cc2ccccc2)ccnc1=O. The molecule has 0 saturated carbocycles. The van der Waals surface area contributed by atoms with Gasteiger partial charge in [0.2, 0.25) is 0 Å². The Morgan fingerprint density at radius 2 is 1.74 bits per heavy atom. The molecule has 23 heavy (non-hydrogen) atoms. The lowest BCUT2D eigenvalue weighted by atomic mass is 10.1. The fourth-order valence-corrected chi connectivity index (χ4v) is 3.45. The van der Waals surface area contributed by atoms with Gasteiger partial charge in [-0.1, -0.05) is 54.6 Å². The topological polar surface area (TPSA) is 34.9 Å². The summed E-state index contributed by atoms with van der Waals surface area (Å²) >= 11 is 1.50. The second-order valence-electron chi connectivity index (χ2n) is 5.38. The lowest BCUT2D eigenvalue weighted by molar-refractivity contribution is 0.927. The van der Waals surface area contributed by atoms with Crippen molar-refractivity contribution in [2.45, 2.75) is 19.1 Å². The molecule has 0 N–H and O–H groups in total. The van der Waals surface area contributed by atoms with E-state index in [9.17, 15) is 4.79 Å². The van der Waals surface area contributed by atoms with E-state index >= 15 is 0 Å². The molecule has 0 saturated heterocycles. The second-order valence-corrected chi connectivity index (χ2v) is 6.29. The minimum atomic E-state index is -0.211. The molecule has 0 bridgehead atoms. The van der Waals surface area contributed by atoms with Crippen LogP contribution in [-0.2, 0) is 12.2 Å². The van der Waals surface area contributed by atoms with Crippen LogP contribution in [0.4, 0.5) is 0 Å². The highest BCUT2D eigenvalue weighted by atomic mass is 32.2. The number of hydrogen-bond acceptors (Lipinski definition) is 3. The van der Waals surface area contributed by atoms with Gasteiger partial charge in [-0.15, -0.1) is 0 Å². The maximum Gasteiger partial charge on any atom is 0.357 e. The van der Waals surface area contributed by atoms with Crippen molar-refractivity contribution >= 4 is 11.9 Å². The van der Waals surface area contributed by atoms with Crippen LogP contribution in [0, 0.1) is 6.92 Å². The summed E-state index contributed by atoms with van der Waals surface area (Å²) in [7, 11) is 0. The monoisotopic (exact) mass is 322 g/mol. The summed E-state index contributed by atoms with van der Waals surface area (Å²) in [6, 6.07) is 20.3. The van der Waals surface area contributed by atoms with Crippen molar-refractivity contribution in [2.24, 2.45) is 0 Å². The highest BCUT2D eigenvalue weighted by Crippen LogP contribution is 2.19. The molecule has 2 aromatic carbocycles. The van der Waals surface area contributed by atoms with Crippen LogP contribution >= 0.6 is 11.9 Å². The van der Waals surface area contributed by atoms with E-state index in [2.05, 4.69) is 36.2 Å². The van der Waals surface area contributed by atoms with Gasteiger partial charge in [-0.2, -0.15) is 0 Å². The van der Waals surface area contributed by atoms with Crippen LogP contribution in [0.5, 0.6) is 0 Å². The normalized spacial score (nSPS) is 10.7. The molecule has 1 aromatic heterocycles. The van der Waals surface area contributed by atoms with Crippen molar-refractivity contribution in [3.8, 4) is 0 Å². The third-order valence-corrected chi connectivity index (χ3v) is 4.81. The van der Waals surface area contributed by atoms with Crippen LogP contribution in [0.25, 0.3) is 0 Å². The number of nitrogens with zero attached hydrogens (tertiary/aromatic N) is 2. The van der Waals surface area contributed by atoms with Crippen LogP contribution in [-0.4, -0.2) is 8.96 Å². The Morgan fingerprint density at radius 3 is 2.52 bits per heavy atom. The molecule has 3 aromatic rings. The van der Waals surface area contributed by atoms with E-state index in [1.807, 2.05) is 36.4 Å². The minimum absolute atomic E-state index is 0.211. The summed E-state index contributed by atoms with van der Waals surface area (Å²) in [4.78, 5) is 16.1. The number of rotatable bonds is 5. The van der Waals surface area contributed by atoms with Crippen molar-refractivity contribution < 1.29 is 0 Å². The van der Waals surface area contributed by atoms with Gasteiger partial charge in [0.25, 0.3) is 0 Å². The number of aromatic nitrogens is 2. The smallest absolute Gasteiger partial charge is 0.245 e. The standard InChI is InChI=1S/C19H18N2OS/c1-15-7-5-6-10-17(15)14-23-21-18(11-12-20-19(21)22)13-16-8-3-2-4-9-16/h2-12H,13-14H2,1H3. The average molecular weight is 322 g/mol. The van der Waals surface area contributed by atoms with Crippen molar-refractivity contribution in [1.82, 2.24) is 8.96 Å². The molecule has 0 aliphatic carbocycles. The molecule has 1 heterocycles. The van der Waals surface area contributed by atoms with Crippen molar-refractivity contribution in [3.05, 3.63) is 99.7 Å². The molecule has 0 atom stereocenters. The Hall–Kier alpha value is -2.33. The van der Waals surface area contributed by atoms with Gasteiger partial charge in [0.15, 0.2) is 0 Å². The van der Waals surface area contributed by atoms with Crippen LogP contribution < -0.4 is 5.69 Å². The van der Waals surface area contributed by atoms with Gasteiger partial charge in [-0.3, -0.25) is 0 Å². The summed E-state index contributed by atoms with van der Waals surface area (Å²) < 4.78 is 1.71. The summed E-state index contributed by atoms with van der Waals surface area (Å²) in [5.74, 6) is 0.750. The molecule has 0 fully saturated rings. The Kier molecular flexibility index (Phi) is 4.93. The maximum absolute atomic E-state index is 12.2. The van der Waals surface area contributed by atoms with Crippen LogP contribution in [0.2, 0.25) is 0 Å². The zero-order chi connectivity index (χ0) is 16.1. The quantitative estimate of drug-likeness (QED) is 0.716. The van der Waals surface area contributed by atoms with Gasteiger partial charge < -0.3 is 0 Å². The molecular weight excluding hydrogens is 304 g/mol. The molecular formula is C19H18N2OS. The molecule has 0 spiro atoms. The number of aryl methyl sites for hydroxylation is 1. The zero-order valence-corrected chi connectivity index (χ0v) is 13.8. The van der Waals surface area contributed by atoms with Gasteiger partial charge >= 0.3 is 5.69 Å². The van der Waals surface area contributed by atoms with Gasteiger partial charge in [-0.25, -0.2) is 13.8 Å². The first-order valence-electron chi connectivity index (χ1n) is 7.53. The van der Waals surface area contributed by atoms with E-state index in [0.29, 0.717) is 0 Å². The summed E-state index contributed by atoms with van der Waals surface area (Å²) in [5.41, 5.74) is 4.41. The molecule has 0 radical (unpaired) electrons. The summed E-state index contributed by atoms with van der Waals surface area (Å²) in [6.45, 7) is 2.09. The van der Waals surface area contributed by atoms with Crippen LogP contribution in [0.1, 0.15) is 22.4 Å². The van der Waals surface area contributed by atoms with E-state index in [-0.39, 0.29) is 5.69 Å². The van der Waals surface area contributed by atoms with E-state index < -0.39 is 0 Å². The molecule has 0 aliphatic rings. The first-order chi connectivity index (χ1) is 11.2. The third-order valence-electron chi connectivity index (χ3n) is 3.72. The largest absolute Gasteiger partial charge is 0.357 e. The van der Waals surface area contributed by atoms with Gasteiger partial charge in [0, 0.05) is 24.1 Å². The Morgan fingerprint density at radius 1 is 1.00 bits per heavy atom. The molecule has 4 heteroatoms. The fraction of sp³-hybridized carbons (Fsp3) is 0.158. The first-order valence-corrected chi connectivity index (χ1v) is 8.47. The lowest BCUT2D eigenvalue weighted by Crippen LogP contribution is -2.21. The lowest BCUT2D eigenvalue weighted by Gasteiger charge is -2.12. The molecule has 3 nitrogen and oxygen atoms in total. The summed E-state index contributed by atoms with van der Waals surface area (Å²) in [5, 5.41) is 0. The van der Waals surface area contributed by atoms with Crippen LogP contribution in [0.15, 0.2) is 71.7 Å². The van der Waals surface area contributed by atoms with Gasteiger partial charge in [0.05, 0.1) is 0 Å². The van der Waals surface area contributed by atoms with Gasteiger partial charge in [0.1, 0.15) is 0 Å². The minimum Gasteiger partial charge on any atom is -0.245 e. The highest BCUT2D eigenvalue weighted by molar-refractivity contribution is 7.97. The van der Waals surface area contributed by atoms with Crippen molar-refractivity contribution in [2.75, 3.05) is 0 Å². The van der Waals surface area contributed by atoms with Gasteiger partial charge in [-0.05, 0) is 41.6 Å². The highest BCUT2D eigenvalue weighted by Gasteiger charge is 2.07. The number of benzene rings is 2. The predicted octanol–water partition coefficient (Wildman–Crippen LogP) is 3.84. The Labute approximate surface area is 140 Å². The second kappa shape index (κ2) is 7.29. The predicted molar refractivity (Wildman–Crippen MR) is 95.6 cm³/mol. The Balaban J connectivity index is 1.84. The first kappa shape index (κ1) is 15.6. The Bertz CT molecular complexity index is 843. The molecule has 116 valence electrons. The zero-order valence-electron chi connectivity index (χ0n) is 13.0. The molecule has 0 unspecified atom stereocenters. The van der Waals surface area contributed by atoms with Crippen molar-refractivity contribution in [3.63, 3.8) is 0 Å². The molecule has 0 amide bonds. The maximum atomic E-state index is 12.2. The van der Waals surface area contributed by atoms with E-state index in [4.69, 9.17) is 0 Å². The van der Waals surface area contributed by atoms with Crippen LogP contribution in [0.3, 0.4) is 0 Å².